The van der Waals surface area contributed by atoms with E-state index in [1.807, 2.05) is 66.1 Å². The molecule has 4 aromatic rings. The fourth-order valence-corrected chi connectivity index (χ4v) is 4.59. The molecule has 1 aromatic heterocycles. The van der Waals surface area contributed by atoms with Crippen LogP contribution in [0, 0.1) is 6.92 Å². The SMILES string of the molecule is Cc1cccc(NC(=O)c2ccccc2NC(=O)CSc2nnc(C3CC3)n2-c2ccccc2)c1. The minimum Gasteiger partial charge on any atom is -0.325 e. The molecule has 1 aliphatic carbocycles. The highest BCUT2D eigenvalue weighted by Crippen LogP contribution is 2.41. The lowest BCUT2D eigenvalue weighted by Crippen LogP contribution is -2.19. The van der Waals surface area contributed by atoms with Crippen LogP contribution in [0.25, 0.3) is 5.69 Å². The molecule has 1 heterocycles. The van der Waals surface area contributed by atoms with Gasteiger partial charge in [0.05, 0.1) is 17.0 Å². The van der Waals surface area contributed by atoms with Gasteiger partial charge in [-0.15, -0.1) is 10.2 Å². The second-order valence-corrected chi connectivity index (χ2v) is 9.43. The van der Waals surface area contributed by atoms with E-state index in [4.69, 9.17) is 0 Å². The summed E-state index contributed by atoms with van der Waals surface area (Å²) in [6, 6.07) is 24.5. The van der Waals surface area contributed by atoms with Crippen LogP contribution >= 0.6 is 11.8 Å². The monoisotopic (exact) mass is 483 g/mol. The predicted octanol–water partition coefficient (Wildman–Crippen LogP) is 5.44. The molecule has 0 aliphatic heterocycles. The minimum atomic E-state index is -0.281. The highest BCUT2D eigenvalue weighted by molar-refractivity contribution is 7.99. The highest BCUT2D eigenvalue weighted by Gasteiger charge is 2.31. The Morgan fingerprint density at radius 3 is 2.49 bits per heavy atom. The van der Waals surface area contributed by atoms with Gasteiger partial charge in [0.15, 0.2) is 5.16 Å². The molecule has 0 spiro atoms. The molecule has 0 unspecified atom stereocenters. The van der Waals surface area contributed by atoms with E-state index < -0.39 is 0 Å². The number of benzene rings is 3. The van der Waals surface area contributed by atoms with Crippen molar-refractivity contribution in [2.75, 3.05) is 16.4 Å². The normalized spacial score (nSPS) is 12.8. The zero-order valence-electron chi connectivity index (χ0n) is 19.3. The van der Waals surface area contributed by atoms with E-state index in [9.17, 15) is 9.59 Å². The van der Waals surface area contributed by atoms with Gasteiger partial charge in [0, 0.05) is 17.3 Å². The molecule has 5 rings (SSSR count). The van der Waals surface area contributed by atoms with Crippen LogP contribution in [-0.4, -0.2) is 32.3 Å². The highest BCUT2D eigenvalue weighted by atomic mass is 32.2. The Morgan fingerprint density at radius 1 is 0.943 bits per heavy atom. The van der Waals surface area contributed by atoms with Gasteiger partial charge in [0.1, 0.15) is 5.82 Å². The van der Waals surface area contributed by atoms with E-state index in [1.54, 1.807) is 24.3 Å². The first kappa shape index (κ1) is 22.9. The Hall–Kier alpha value is -3.91. The number of aryl methyl sites for hydroxylation is 1. The molecule has 2 amide bonds. The molecule has 0 radical (unpaired) electrons. The Kier molecular flexibility index (Phi) is 6.63. The second-order valence-electron chi connectivity index (χ2n) is 8.49. The van der Waals surface area contributed by atoms with Crippen LogP contribution in [0.5, 0.6) is 0 Å². The number of aromatic nitrogens is 3. The number of anilines is 2. The fourth-order valence-electron chi connectivity index (χ4n) is 3.83. The molecular weight excluding hydrogens is 458 g/mol. The molecule has 2 N–H and O–H groups in total. The first-order chi connectivity index (χ1) is 17.1. The first-order valence-corrected chi connectivity index (χ1v) is 12.5. The summed E-state index contributed by atoms with van der Waals surface area (Å²) >= 11 is 1.33. The smallest absolute Gasteiger partial charge is 0.257 e. The van der Waals surface area contributed by atoms with E-state index in [2.05, 4.69) is 20.8 Å². The van der Waals surface area contributed by atoms with Crippen molar-refractivity contribution in [2.45, 2.75) is 30.8 Å². The van der Waals surface area contributed by atoms with E-state index in [-0.39, 0.29) is 17.6 Å². The van der Waals surface area contributed by atoms with Crippen LogP contribution < -0.4 is 10.6 Å². The second kappa shape index (κ2) is 10.1. The molecule has 1 saturated carbocycles. The van der Waals surface area contributed by atoms with Crippen molar-refractivity contribution in [3.8, 4) is 5.69 Å². The lowest BCUT2D eigenvalue weighted by Gasteiger charge is -2.12. The van der Waals surface area contributed by atoms with Crippen LogP contribution in [0.4, 0.5) is 11.4 Å². The van der Waals surface area contributed by atoms with Gasteiger partial charge in [-0.1, -0.05) is 54.2 Å². The van der Waals surface area contributed by atoms with Crippen LogP contribution in [0.3, 0.4) is 0 Å². The lowest BCUT2D eigenvalue weighted by molar-refractivity contribution is -0.113. The number of thioether (sulfide) groups is 1. The van der Waals surface area contributed by atoms with Crippen LogP contribution in [-0.2, 0) is 4.79 Å². The van der Waals surface area contributed by atoms with Crippen LogP contribution in [0.15, 0.2) is 84.0 Å². The number of amides is 2. The third kappa shape index (κ3) is 5.44. The van der Waals surface area contributed by atoms with Gasteiger partial charge in [-0.05, 0) is 61.7 Å². The predicted molar refractivity (Wildman–Crippen MR) is 138 cm³/mol. The summed E-state index contributed by atoms with van der Waals surface area (Å²) in [6.45, 7) is 1.97. The van der Waals surface area contributed by atoms with Crippen molar-refractivity contribution in [3.05, 3.63) is 95.8 Å². The number of hydrogen-bond donors (Lipinski definition) is 2. The molecule has 1 aliphatic rings. The summed E-state index contributed by atoms with van der Waals surface area (Å²) < 4.78 is 2.04. The largest absolute Gasteiger partial charge is 0.325 e. The number of carbonyl (C=O) groups is 2. The Bertz CT molecular complexity index is 1370. The standard InChI is InChI=1S/C27H25N5O2S/c1-18-8-7-9-20(16-18)28-26(34)22-12-5-6-13-23(22)29-24(33)17-35-27-31-30-25(19-14-15-19)32(27)21-10-3-2-4-11-21/h2-13,16,19H,14-15,17H2,1H3,(H,28,34)(H,29,33). The fraction of sp³-hybridized carbons (Fsp3) is 0.185. The summed E-state index contributed by atoms with van der Waals surface area (Å²) in [5.41, 5.74) is 3.61. The van der Waals surface area contributed by atoms with E-state index in [0.29, 0.717) is 28.0 Å². The van der Waals surface area contributed by atoms with Crippen molar-refractivity contribution < 1.29 is 9.59 Å². The summed E-state index contributed by atoms with van der Waals surface area (Å²) in [4.78, 5) is 25.7. The van der Waals surface area contributed by atoms with E-state index in [0.717, 1.165) is 29.9 Å². The molecule has 7 nitrogen and oxygen atoms in total. The maximum absolute atomic E-state index is 12.9. The van der Waals surface area contributed by atoms with Crippen molar-refractivity contribution >= 4 is 35.0 Å². The van der Waals surface area contributed by atoms with Gasteiger partial charge in [-0.25, -0.2) is 0 Å². The molecule has 0 bridgehead atoms. The van der Waals surface area contributed by atoms with Gasteiger partial charge < -0.3 is 10.6 Å². The summed E-state index contributed by atoms with van der Waals surface area (Å²) in [6.07, 6.45) is 2.22. The Morgan fingerprint density at radius 2 is 1.71 bits per heavy atom. The number of carbonyl (C=O) groups excluding carboxylic acids is 2. The minimum absolute atomic E-state index is 0.142. The van der Waals surface area contributed by atoms with Crippen molar-refractivity contribution in [2.24, 2.45) is 0 Å². The molecule has 176 valence electrons. The van der Waals surface area contributed by atoms with E-state index >= 15 is 0 Å². The third-order valence-electron chi connectivity index (χ3n) is 5.67. The Labute approximate surface area is 208 Å². The average Bonchev–Trinajstić information content (AvgIpc) is 3.62. The molecule has 8 heteroatoms. The number of nitrogens with zero attached hydrogens (tertiary/aromatic N) is 3. The summed E-state index contributed by atoms with van der Waals surface area (Å²) in [7, 11) is 0. The zero-order valence-corrected chi connectivity index (χ0v) is 20.1. The van der Waals surface area contributed by atoms with Gasteiger partial charge in [-0.2, -0.15) is 0 Å². The van der Waals surface area contributed by atoms with Crippen molar-refractivity contribution in [1.29, 1.82) is 0 Å². The average molecular weight is 484 g/mol. The molecule has 3 aromatic carbocycles. The molecule has 1 fully saturated rings. The summed E-state index contributed by atoms with van der Waals surface area (Å²) in [5, 5.41) is 15.2. The zero-order chi connectivity index (χ0) is 24.2. The van der Waals surface area contributed by atoms with Gasteiger partial charge in [0.2, 0.25) is 5.91 Å². The Balaban J connectivity index is 1.28. The number of nitrogens with one attached hydrogen (secondary N) is 2. The van der Waals surface area contributed by atoms with Gasteiger partial charge in [0.25, 0.3) is 5.91 Å². The first-order valence-electron chi connectivity index (χ1n) is 11.5. The topological polar surface area (TPSA) is 88.9 Å². The lowest BCUT2D eigenvalue weighted by atomic mass is 10.1. The van der Waals surface area contributed by atoms with Gasteiger partial charge in [-0.3, -0.25) is 14.2 Å². The molecule has 0 atom stereocenters. The molecule has 35 heavy (non-hydrogen) atoms. The van der Waals surface area contributed by atoms with Crippen LogP contribution in [0.1, 0.15) is 40.5 Å². The van der Waals surface area contributed by atoms with Crippen molar-refractivity contribution in [3.63, 3.8) is 0 Å². The van der Waals surface area contributed by atoms with Crippen LogP contribution in [0.2, 0.25) is 0 Å². The number of rotatable bonds is 8. The third-order valence-corrected chi connectivity index (χ3v) is 6.60. The number of hydrogen-bond acceptors (Lipinski definition) is 5. The maximum Gasteiger partial charge on any atom is 0.257 e. The maximum atomic E-state index is 12.9. The van der Waals surface area contributed by atoms with E-state index in [1.165, 1.54) is 11.8 Å². The number of para-hydroxylation sites is 2. The molecule has 0 saturated heterocycles. The quantitative estimate of drug-likeness (QED) is 0.326. The summed E-state index contributed by atoms with van der Waals surface area (Å²) in [5.74, 6) is 1.00. The van der Waals surface area contributed by atoms with Gasteiger partial charge >= 0.3 is 0 Å². The molecular formula is C27H25N5O2S. The van der Waals surface area contributed by atoms with Crippen molar-refractivity contribution in [1.82, 2.24) is 14.8 Å².